The van der Waals surface area contributed by atoms with Crippen molar-refractivity contribution in [1.82, 2.24) is 19.1 Å². The summed E-state index contributed by atoms with van der Waals surface area (Å²) in [6.07, 6.45) is 39.8. The van der Waals surface area contributed by atoms with Crippen LogP contribution in [-0.4, -0.2) is 44.5 Å². The SMILES string of the molecule is CCCCCCCCCCOC(C=Cc1ccccc1)Cn1ccnc1.CCCCCCCCCOC(C=Cc1ccccc1)Cn1ccnc1. The summed E-state index contributed by atoms with van der Waals surface area (Å²) in [5.74, 6) is 0. The van der Waals surface area contributed by atoms with Crippen LogP contribution in [0.15, 0.2) is 110 Å². The van der Waals surface area contributed by atoms with Gasteiger partial charge in [-0.2, -0.15) is 0 Å². The maximum absolute atomic E-state index is 6.15. The summed E-state index contributed by atoms with van der Waals surface area (Å²) in [7, 11) is 0. The second-order valence-corrected chi connectivity index (χ2v) is 13.5. The minimum Gasteiger partial charge on any atom is -0.372 e. The van der Waals surface area contributed by atoms with Crippen LogP contribution >= 0.6 is 0 Å². The summed E-state index contributed by atoms with van der Waals surface area (Å²) in [4.78, 5) is 8.25. The van der Waals surface area contributed by atoms with E-state index < -0.39 is 0 Å². The van der Waals surface area contributed by atoms with Crippen LogP contribution in [0, 0.1) is 0 Å². The lowest BCUT2D eigenvalue weighted by molar-refractivity contribution is 0.0708. The van der Waals surface area contributed by atoms with Crippen LogP contribution in [0.25, 0.3) is 12.2 Å². The highest BCUT2D eigenvalue weighted by Crippen LogP contribution is 2.12. The van der Waals surface area contributed by atoms with Crippen molar-refractivity contribution >= 4 is 12.2 Å². The van der Waals surface area contributed by atoms with E-state index in [9.17, 15) is 0 Å². The third-order valence-corrected chi connectivity index (χ3v) is 8.92. The van der Waals surface area contributed by atoms with Gasteiger partial charge in [0, 0.05) is 38.0 Å². The quantitative estimate of drug-likeness (QED) is 0.0583. The number of ether oxygens (including phenoxy) is 2. The maximum atomic E-state index is 6.15. The molecule has 6 nitrogen and oxygen atoms in total. The number of hydrogen-bond acceptors (Lipinski definition) is 4. The molecule has 0 aliphatic heterocycles. The molecular weight excluding hydrogens is 629 g/mol. The molecule has 0 aliphatic rings. The van der Waals surface area contributed by atoms with E-state index in [0.29, 0.717) is 0 Å². The van der Waals surface area contributed by atoms with Crippen LogP contribution in [0.2, 0.25) is 0 Å². The molecule has 6 heteroatoms. The van der Waals surface area contributed by atoms with Crippen molar-refractivity contribution < 1.29 is 9.47 Å². The Labute approximate surface area is 310 Å². The fourth-order valence-corrected chi connectivity index (χ4v) is 5.87. The molecule has 0 fully saturated rings. The molecule has 0 spiro atoms. The second-order valence-electron chi connectivity index (χ2n) is 13.5. The van der Waals surface area contributed by atoms with Gasteiger partial charge in [0.25, 0.3) is 0 Å². The number of nitrogens with zero attached hydrogens (tertiary/aromatic N) is 4. The van der Waals surface area contributed by atoms with Crippen molar-refractivity contribution in [1.29, 1.82) is 0 Å². The Hall–Kier alpha value is -3.74. The Morgan fingerprint density at radius 3 is 1.24 bits per heavy atom. The minimum absolute atomic E-state index is 0.0777. The van der Waals surface area contributed by atoms with Crippen molar-refractivity contribution in [2.24, 2.45) is 0 Å². The van der Waals surface area contributed by atoms with Gasteiger partial charge in [0.15, 0.2) is 0 Å². The molecule has 4 rings (SSSR count). The van der Waals surface area contributed by atoms with E-state index in [1.54, 1.807) is 0 Å². The van der Waals surface area contributed by atoms with Gasteiger partial charge in [0.05, 0.1) is 38.0 Å². The van der Waals surface area contributed by atoms with Gasteiger partial charge in [-0.1, -0.05) is 182 Å². The molecular formula is C45H66N4O2. The van der Waals surface area contributed by atoms with Gasteiger partial charge in [-0.15, -0.1) is 0 Å². The van der Waals surface area contributed by atoms with Gasteiger partial charge < -0.3 is 18.6 Å². The Bertz CT molecular complexity index is 1350. The van der Waals surface area contributed by atoms with E-state index in [1.165, 1.54) is 94.6 Å². The lowest BCUT2D eigenvalue weighted by atomic mass is 10.1. The lowest BCUT2D eigenvalue weighted by Crippen LogP contribution is -2.17. The largest absolute Gasteiger partial charge is 0.372 e. The zero-order valence-corrected chi connectivity index (χ0v) is 31.7. The highest BCUT2D eigenvalue weighted by atomic mass is 16.5. The molecule has 2 aromatic heterocycles. The summed E-state index contributed by atoms with van der Waals surface area (Å²) < 4.78 is 16.4. The predicted octanol–water partition coefficient (Wildman–Crippen LogP) is 11.9. The van der Waals surface area contributed by atoms with Crippen LogP contribution in [0.1, 0.15) is 121 Å². The molecule has 0 aliphatic carbocycles. The monoisotopic (exact) mass is 695 g/mol. The van der Waals surface area contributed by atoms with E-state index in [4.69, 9.17) is 9.47 Å². The van der Waals surface area contributed by atoms with Gasteiger partial charge >= 0.3 is 0 Å². The average molecular weight is 695 g/mol. The van der Waals surface area contributed by atoms with Gasteiger partial charge in [0.2, 0.25) is 0 Å². The predicted molar refractivity (Wildman–Crippen MR) is 215 cm³/mol. The molecule has 2 heterocycles. The van der Waals surface area contributed by atoms with Crippen LogP contribution in [0.4, 0.5) is 0 Å². The number of benzene rings is 2. The lowest BCUT2D eigenvalue weighted by Gasteiger charge is -2.15. The van der Waals surface area contributed by atoms with E-state index in [0.717, 1.165) is 39.1 Å². The normalized spacial score (nSPS) is 12.7. The molecule has 2 unspecified atom stereocenters. The molecule has 278 valence electrons. The Kier molecular flexibility index (Phi) is 23.6. The Morgan fingerprint density at radius 1 is 0.510 bits per heavy atom. The fourth-order valence-electron chi connectivity index (χ4n) is 5.87. The molecule has 0 radical (unpaired) electrons. The van der Waals surface area contributed by atoms with Crippen LogP contribution < -0.4 is 0 Å². The molecule has 4 aromatic rings. The number of aromatic nitrogens is 4. The van der Waals surface area contributed by atoms with E-state index in [-0.39, 0.29) is 12.2 Å². The van der Waals surface area contributed by atoms with Crippen molar-refractivity contribution in [2.75, 3.05) is 13.2 Å². The molecule has 0 N–H and O–H groups in total. The van der Waals surface area contributed by atoms with Crippen molar-refractivity contribution in [2.45, 2.75) is 135 Å². The van der Waals surface area contributed by atoms with E-state index in [2.05, 4.69) is 106 Å². The first-order valence-corrected chi connectivity index (χ1v) is 19.9. The average Bonchev–Trinajstić information content (AvgIpc) is 3.89. The first-order chi connectivity index (χ1) is 25.3. The molecule has 2 aromatic carbocycles. The smallest absolute Gasteiger partial charge is 0.0946 e. The molecule has 2 atom stereocenters. The third kappa shape index (κ3) is 21.3. The third-order valence-electron chi connectivity index (χ3n) is 8.92. The van der Waals surface area contributed by atoms with Crippen LogP contribution in [0.3, 0.4) is 0 Å². The van der Waals surface area contributed by atoms with E-state index in [1.807, 2.05) is 49.6 Å². The maximum Gasteiger partial charge on any atom is 0.0946 e. The first-order valence-electron chi connectivity index (χ1n) is 19.9. The zero-order valence-electron chi connectivity index (χ0n) is 31.7. The highest BCUT2D eigenvalue weighted by Gasteiger charge is 2.07. The van der Waals surface area contributed by atoms with Crippen molar-refractivity contribution in [3.05, 3.63) is 121 Å². The summed E-state index contributed by atoms with van der Waals surface area (Å²) in [6.45, 7) is 7.79. The van der Waals surface area contributed by atoms with E-state index >= 15 is 0 Å². The van der Waals surface area contributed by atoms with Crippen LogP contribution in [0.5, 0.6) is 0 Å². The first kappa shape index (κ1) is 41.7. The highest BCUT2D eigenvalue weighted by molar-refractivity contribution is 5.49. The van der Waals surface area contributed by atoms with Crippen molar-refractivity contribution in [3.63, 3.8) is 0 Å². The summed E-state index contributed by atoms with van der Waals surface area (Å²) in [5, 5.41) is 0. The second kappa shape index (κ2) is 28.9. The van der Waals surface area contributed by atoms with Gasteiger partial charge in [-0.25, -0.2) is 9.97 Å². The van der Waals surface area contributed by atoms with Gasteiger partial charge in [-0.05, 0) is 24.0 Å². The molecule has 0 saturated carbocycles. The molecule has 51 heavy (non-hydrogen) atoms. The van der Waals surface area contributed by atoms with Crippen molar-refractivity contribution in [3.8, 4) is 0 Å². The Balaban J connectivity index is 0.000000276. The number of rotatable bonds is 27. The summed E-state index contributed by atoms with van der Waals surface area (Å²) in [6, 6.07) is 20.8. The van der Waals surface area contributed by atoms with Crippen LogP contribution in [-0.2, 0) is 22.6 Å². The Morgan fingerprint density at radius 2 is 0.882 bits per heavy atom. The number of imidazole rings is 2. The number of hydrogen-bond donors (Lipinski definition) is 0. The molecule has 0 saturated heterocycles. The standard InChI is InChI=1S/C23H34N2O.C22H32N2O/c1-2-3-4-5-6-7-8-12-19-26-23(20-25-18-17-24-21-25)16-15-22-13-10-9-11-14-22;1-2-3-4-5-6-7-11-18-25-22(19-24-17-16-23-20-24)15-14-21-12-9-8-10-13-21/h9-11,13-18,21,23H,2-8,12,19-20H2,1H3;8-10,12-17,20,22H,2-7,11,18-19H2,1H3. The minimum atomic E-state index is 0.0777. The van der Waals surface area contributed by atoms with Gasteiger partial charge in [0.1, 0.15) is 0 Å². The molecule has 0 bridgehead atoms. The molecule has 0 amide bonds. The number of unbranched alkanes of at least 4 members (excludes halogenated alkanes) is 13. The summed E-state index contributed by atoms with van der Waals surface area (Å²) in [5.41, 5.74) is 2.41. The van der Waals surface area contributed by atoms with Gasteiger partial charge in [-0.3, -0.25) is 0 Å². The zero-order chi connectivity index (χ0) is 35.9. The summed E-state index contributed by atoms with van der Waals surface area (Å²) >= 11 is 0. The fraction of sp³-hybridized carbons (Fsp3) is 0.511. The topological polar surface area (TPSA) is 54.1 Å².